The zero-order chi connectivity index (χ0) is 11.8. The monoisotopic (exact) mass is 225 g/mol. The second kappa shape index (κ2) is 7.00. The molecule has 0 aromatic carbocycles. The first-order valence-electron chi connectivity index (χ1n) is 5.38. The van der Waals surface area contributed by atoms with Crippen LogP contribution in [0.4, 0.5) is 5.82 Å². The zero-order valence-electron chi connectivity index (χ0n) is 10.1. The molecule has 0 saturated carbocycles. The van der Waals surface area contributed by atoms with E-state index in [1.807, 2.05) is 6.92 Å². The van der Waals surface area contributed by atoms with Crippen molar-refractivity contribution < 1.29 is 9.47 Å². The van der Waals surface area contributed by atoms with Gasteiger partial charge in [-0.25, -0.2) is 9.97 Å². The minimum atomic E-state index is 0.620. The summed E-state index contributed by atoms with van der Waals surface area (Å²) in [4.78, 5) is 8.19. The summed E-state index contributed by atoms with van der Waals surface area (Å²) >= 11 is 0. The maximum absolute atomic E-state index is 5.12. The van der Waals surface area contributed by atoms with Crippen molar-refractivity contribution in [3.63, 3.8) is 0 Å². The molecule has 0 atom stereocenters. The third kappa shape index (κ3) is 3.66. The molecule has 90 valence electrons. The van der Waals surface area contributed by atoms with Crippen LogP contribution in [0.3, 0.4) is 0 Å². The van der Waals surface area contributed by atoms with Crippen molar-refractivity contribution in [3.05, 3.63) is 11.9 Å². The van der Waals surface area contributed by atoms with Crippen LogP contribution in [0.5, 0.6) is 5.88 Å². The Hall–Kier alpha value is -1.36. The molecule has 1 aromatic rings. The minimum absolute atomic E-state index is 0.620. The van der Waals surface area contributed by atoms with E-state index in [2.05, 4.69) is 15.3 Å². The molecule has 5 nitrogen and oxygen atoms in total. The van der Waals surface area contributed by atoms with Crippen molar-refractivity contribution in [2.24, 2.45) is 0 Å². The number of nitrogens with one attached hydrogen (secondary N) is 1. The van der Waals surface area contributed by atoms with E-state index in [1.54, 1.807) is 14.2 Å². The molecule has 0 spiro atoms. The highest BCUT2D eigenvalue weighted by Crippen LogP contribution is 2.19. The standard InChI is InChI=1S/C11H19N3O2/c1-9-10(12-6-4-5-7-15-2)13-8-14-11(9)16-3/h8H,4-7H2,1-3H3,(H,12,13,14). The van der Waals surface area contributed by atoms with Crippen LogP contribution < -0.4 is 10.1 Å². The summed E-state index contributed by atoms with van der Waals surface area (Å²) in [5, 5.41) is 3.26. The number of methoxy groups -OCH3 is 2. The lowest BCUT2D eigenvalue weighted by atomic mass is 10.3. The Kier molecular flexibility index (Phi) is 5.56. The number of hydrogen-bond acceptors (Lipinski definition) is 5. The summed E-state index contributed by atoms with van der Waals surface area (Å²) in [6.07, 6.45) is 3.60. The third-order valence-electron chi connectivity index (χ3n) is 2.30. The molecule has 0 fully saturated rings. The van der Waals surface area contributed by atoms with E-state index in [1.165, 1.54) is 6.33 Å². The number of unbranched alkanes of at least 4 members (excludes halogenated alkanes) is 1. The van der Waals surface area contributed by atoms with E-state index in [4.69, 9.17) is 9.47 Å². The number of hydrogen-bond donors (Lipinski definition) is 1. The maximum atomic E-state index is 5.12. The predicted molar refractivity (Wildman–Crippen MR) is 62.9 cm³/mol. The van der Waals surface area contributed by atoms with Gasteiger partial charge < -0.3 is 14.8 Å². The van der Waals surface area contributed by atoms with Gasteiger partial charge in [0.05, 0.1) is 12.7 Å². The van der Waals surface area contributed by atoms with E-state index >= 15 is 0 Å². The molecule has 0 aliphatic carbocycles. The molecule has 0 saturated heterocycles. The topological polar surface area (TPSA) is 56.3 Å². The molecule has 1 N–H and O–H groups in total. The predicted octanol–water partition coefficient (Wildman–Crippen LogP) is 1.63. The fourth-order valence-electron chi connectivity index (χ4n) is 1.40. The second-order valence-electron chi connectivity index (χ2n) is 3.48. The molecule has 0 unspecified atom stereocenters. The van der Waals surface area contributed by atoms with Gasteiger partial charge in [0.1, 0.15) is 12.1 Å². The molecular formula is C11H19N3O2. The Labute approximate surface area is 96.2 Å². The molecule has 1 aromatic heterocycles. The summed E-state index contributed by atoms with van der Waals surface area (Å²) in [5.74, 6) is 1.46. The quantitative estimate of drug-likeness (QED) is 0.715. The van der Waals surface area contributed by atoms with E-state index < -0.39 is 0 Å². The Balaban J connectivity index is 2.41. The molecule has 1 rings (SSSR count). The summed E-state index contributed by atoms with van der Waals surface area (Å²) in [7, 11) is 3.32. The molecule has 0 amide bonds. The van der Waals surface area contributed by atoms with E-state index in [-0.39, 0.29) is 0 Å². The number of anilines is 1. The van der Waals surface area contributed by atoms with Gasteiger partial charge in [0.25, 0.3) is 0 Å². The first-order chi connectivity index (χ1) is 7.79. The van der Waals surface area contributed by atoms with E-state index in [9.17, 15) is 0 Å². The van der Waals surface area contributed by atoms with Crippen molar-refractivity contribution >= 4 is 5.82 Å². The van der Waals surface area contributed by atoms with Crippen LogP contribution in [-0.4, -0.2) is 37.3 Å². The van der Waals surface area contributed by atoms with Crippen LogP contribution in [0.2, 0.25) is 0 Å². The SMILES string of the molecule is COCCCCNc1ncnc(OC)c1C. The summed E-state index contributed by atoms with van der Waals surface area (Å²) in [5.41, 5.74) is 0.941. The Bertz CT molecular complexity index is 318. The molecule has 16 heavy (non-hydrogen) atoms. The van der Waals surface area contributed by atoms with Gasteiger partial charge in [-0.3, -0.25) is 0 Å². The van der Waals surface area contributed by atoms with Crippen molar-refractivity contribution in [3.8, 4) is 5.88 Å². The average Bonchev–Trinajstić information content (AvgIpc) is 2.31. The second-order valence-corrected chi connectivity index (χ2v) is 3.48. The lowest BCUT2D eigenvalue weighted by molar-refractivity contribution is 0.194. The molecule has 0 bridgehead atoms. The Morgan fingerprint density at radius 3 is 2.75 bits per heavy atom. The first-order valence-corrected chi connectivity index (χ1v) is 5.38. The highest BCUT2D eigenvalue weighted by Gasteiger charge is 2.05. The smallest absolute Gasteiger partial charge is 0.221 e. The normalized spacial score (nSPS) is 10.2. The number of aromatic nitrogens is 2. The average molecular weight is 225 g/mol. The minimum Gasteiger partial charge on any atom is -0.481 e. The van der Waals surface area contributed by atoms with Gasteiger partial charge in [-0.1, -0.05) is 0 Å². The van der Waals surface area contributed by atoms with Crippen molar-refractivity contribution in [2.75, 3.05) is 32.7 Å². The number of rotatable bonds is 7. The van der Waals surface area contributed by atoms with Gasteiger partial charge in [-0.2, -0.15) is 0 Å². The summed E-state index contributed by atoms with van der Waals surface area (Å²) < 4.78 is 10.1. The van der Waals surface area contributed by atoms with Crippen LogP contribution in [0.25, 0.3) is 0 Å². The Morgan fingerprint density at radius 1 is 1.25 bits per heavy atom. The fraction of sp³-hybridized carbons (Fsp3) is 0.636. The van der Waals surface area contributed by atoms with Gasteiger partial charge in [0.15, 0.2) is 0 Å². The van der Waals surface area contributed by atoms with Gasteiger partial charge >= 0.3 is 0 Å². The fourth-order valence-corrected chi connectivity index (χ4v) is 1.40. The van der Waals surface area contributed by atoms with Crippen LogP contribution >= 0.6 is 0 Å². The van der Waals surface area contributed by atoms with Gasteiger partial charge in [-0.15, -0.1) is 0 Å². The van der Waals surface area contributed by atoms with Crippen LogP contribution in [0.15, 0.2) is 6.33 Å². The highest BCUT2D eigenvalue weighted by molar-refractivity contribution is 5.47. The van der Waals surface area contributed by atoms with Gasteiger partial charge in [-0.05, 0) is 19.8 Å². The van der Waals surface area contributed by atoms with Crippen LogP contribution in [-0.2, 0) is 4.74 Å². The molecule has 0 aliphatic rings. The van der Waals surface area contributed by atoms with Gasteiger partial charge in [0.2, 0.25) is 5.88 Å². The maximum Gasteiger partial charge on any atom is 0.221 e. The zero-order valence-corrected chi connectivity index (χ0v) is 10.1. The molecule has 5 heteroatoms. The summed E-state index contributed by atoms with van der Waals surface area (Å²) in [6.45, 7) is 3.62. The molecule has 0 radical (unpaired) electrons. The Morgan fingerprint density at radius 2 is 2.06 bits per heavy atom. The number of ether oxygens (including phenoxy) is 2. The van der Waals surface area contributed by atoms with Crippen molar-refractivity contribution in [1.82, 2.24) is 9.97 Å². The van der Waals surface area contributed by atoms with E-state index in [0.717, 1.165) is 37.4 Å². The lowest BCUT2D eigenvalue weighted by Crippen LogP contribution is -2.07. The van der Waals surface area contributed by atoms with Crippen LogP contribution in [0, 0.1) is 6.92 Å². The molecule has 0 aliphatic heterocycles. The van der Waals surface area contributed by atoms with Crippen molar-refractivity contribution in [2.45, 2.75) is 19.8 Å². The largest absolute Gasteiger partial charge is 0.481 e. The van der Waals surface area contributed by atoms with Crippen molar-refractivity contribution in [1.29, 1.82) is 0 Å². The highest BCUT2D eigenvalue weighted by atomic mass is 16.5. The summed E-state index contributed by atoms with van der Waals surface area (Å²) in [6, 6.07) is 0. The number of nitrogens with zero attached hydrogens (tertiary/aromatic N) is 2. The first kappa shape index (κ1) is 12.7. The van der Waals surface area contributed by atoms with Gasteiger partial charge in [0, 0.05) is 20.3 Å². The molecule has 1 heterocycles. The third-order valence-corrected chi connectivity index (χ3v) is 2.30. The lowest BCUT2D eigenvalue weighted by Gasteiger charge is -2.10. The van der Waals surface area contributed by atoms with E-state index in [0.29, 0.717) is 5.88 Å². The molecular weight excluding hydrogens is 206 g/mol. The van der Waals surface area contributed by atoms with Crippen LogP contribution in [0.1, 0.15) is 18.4 Å².